The topological polar surface area (TPSA) is 63.7 Å². The summed E-state index contributed by atoms with van der Waals surface area (Å²) in [7, 11) is 1.58. The van der Waals surface area contributed by atoms with E-state index in [9.17, 15) is 0 Å². The maximum atomic E-state index is 5.06. The molecule has 0 atom stereocenters. The number of methoxy groups -OCH3 is 1. The van der Waals surface area contributed by atoms with Crippen molar-refractivity contribution in [3.8, 4) is 5.88 Å². The Labute approximate surface area is 68.8 Å². The average molecular weight is 164 g/mol. The quantitative estimate of drug-likeness (QED) is 0.672. The molecule has 2 heterocycles. The molecule has 0 unspecified atom stereocenters. The van der Waals surface area contributed by atoms with Gasteiger partial charge in [-0.3, -0.25) is 5.10 Å². The molecule has 5 nitrogen and oxygen atoms in total. The number of aromatic nitrogens is 4. The van der Waals surface area contributed by atoms with Crippen molar-refractivity contribution in [2.45, 2.75) is 6.92 Å². The van der Waals surface area contributed by atoms with E-state index >= 15 is 0 Å². The van der Waals surface area contributed by atoms with Gasteiger partial charge < -0.3 is 4.74 Å². The van der Waals surface area contributed by atoms with Crippen molar-refractivity contribution in [3.05, 3.63) is 12.0 Å². The van der Waals surface area contributed by atoms with Gasteiger partial charge in [0.15, 0.2) is 5.65 Å². The van der Waals surface area contributed by atoms with Gasteiger partial charge in [-0.1, -0.05) is 0 Å². The zero-order valence-electron chi connectivity index (χ0n) is 6.83. The molecule has 2 aromatic heterocycles. The largest absolute Gasteiger partial charge is 0.480 e. The molecule has 5 heteroatoms. The van der Waals surface area contributed by atoms with Gasteiger partial charge in [-0.25, -0.2) is 4.98 Å². The number of H-pyrrole nitrogens is 1. The summed E-state index contributed by atoms with van der Waals surface area (Å²) in [6.45, 7) is 1.81. The van der Waals surface area contributed by atoms with E-state index in [0.717, 1.165) is 5.39 Å². The Kier molecular flexibility index (Phi) is 1.43. The van der Waals surface area contributed by atoms with Crippen molar-refractivity contribution in [2.24, 2.45) is 0 Å². The number of hydrogen-bond donors (Lipinski definition) is 1. The fraction of sp³-hybridized carbons (Fsp3) is 0.286. The van der Waals surface area contributed by atoms with Crippen molar-refractivity contribution >= 4 is 11.0 Å². The van der Waals surface area contributed by atoms with Crippen LogP contribution in [0.15, 0.2) is 6.20 Å². The number of aryl methyl sites for hydroxylation is 1. The monoisotopic (exact) mass is 164 g/mol. The van der Waals surface area contributed by atoms with Crippen LogP contribution in [-0.4, -0.2) is 27.3 Å². The van der Waals surface area contributed by atoms with Crippen LogP contribution in [0.2, 0.25) is 0 Å². The Hall–Kier alpha value is -1.65. The molecule has 0 bridgehead atoms. The molecule has 0 saturated carbocycles. The Balaban J connectivity index is 2.80. The summed E-state index contributed by atoms with van der Waals surface area (Å²) in [5.41, 5.74) is 0.708. The molecule has 0 aliphatic heterocycles. The van der Waals surface area contributed by atoms with E-state index in [2.05, 4.69) is 20.2 Å². The van der Waals surface area contributed by atoms with Gasteiger partial charge in [-0.2, -0.15) is 10.1 Å². The fourth-order valence-corrected chi connectivity index (χ4v) is 1.07. The summed E-state index contributed by atoms with van der Waals surface area (Å²) in [5, 5.41) is 7.41. The van der Waals surface area contributed by atoms with Gasteiger partial charge in [0, 0.05) is 0 Å². The van der Waals surface area contributed by atoms with Crippen molar-refractivity contribution < 1.29 is 4.74 Å². The highest BCUT2D eigenvalue weighted by Crippen LogP contribution is 2.18. The number of fused-ring (bicyclic) bond motifs is 1. The molecule has 1 N–H and O–H groups in total. The number of nitrogens with one attached hydrogen (secondary N) is 1. The fourth-order valence-electron chi connectivity index (χ4n) is 1.07. The maximum absolute atomic E-state index is 5.06. The van der Waals surface area contributed by atoms with Crippen LogP contribution in [0, 0.1) is 6.92 Å². The molecular formula is C7H8N4O. The smallest absolute Gasteiger partial charge is 0.227 e. The van der Waals surface area contributed by atoms with E-state index in [0.29, 0.717) is 17.4 Å². The highest BCUT2D eigenvalue weighted by molar-refractivity contribution is 5.79. The zero-order chi connectivity index (χ0) is 8.55. The lowest BCUT2D eigenvalue weighted by Crippen LogP contribution is -1.93. The van der Waals surface area contributed by atoms with Crippen LogP contribution in [0.1, 0.15) is 5.82 Å². The van der Waals surface area contributed by atoms with Gasteiger partial charge in [0.2, 0.25) is 5.88 Å². The van der Waals surface area contributed by atoms with E-state index < -0.39 is 0 Å². The first-order valence-corrected chi connectivity index (χ1v) is 3.53. The third kappa shape index (κ3) is 0.903. The van der Waals surface area contributed by atoms with E-state index in [4.69, 9.17) is 4.74 Å². The maximum Gasteiger partial charge on any atom is 0.227 e. The molecule has 0 amide bonds. The third-order valence-corrected chi connectivity index (χ3v) is 1.58. The molecule has 12 heavy (non-hydrogen) atoms. The van der Waals surface area contributed by atoms with E-state index in [-0.39, 0.29) is 0 Å². The van der Waals surface area contributed by atoms with Crippen molar-refractivity contribution in [3.63, 3.8) is 0 Å². The van der Waals surface area contributed by atoms with Crippen LogP contribution >= 0.6 is 0 Å². The predicted octanol–water partition coefficient (Wildman–Crippen LogP) is 0.670. The van der Waals surface area contributed by atoms with Crippen LogP contribution in [0.3, 0.4) is 0 Å². The minimum absolute atomic E-state index is 0.561. The Morgan fingerprint density at radius 2 is 2.25 bits per heavy atom. The van der Waals surface area contributed by atoms with Crippen LogP contribution in [0.25, 0.3) is 11.0 Å². The van der Waals surface area contributed by atoms with Gasteiger partial charge in [0.25, 0.3) is 0 Å². The number of nitrogens with zero attached hydrogens (tertiary/aromatic N) is 3. The first kappa shape index (κ1) is 7.02. The lowest BCUT2D eigenvalue weighted by atomic mass is 10.4. The van der Waals surface area contributed by atoms with Gasteiger partial charge in [0.05, 0.1) is 13.3 Å². The molecule has 62 valence electrons. The van der Waals surface area contributed by atoms with Gasteiger partial charge in [0.1, 0.15) is 11.2 Å². The zero-order valence-corrected chi connectivity index (χ0v) is 6.83. The first-order chi connectivity index (χ1) is 5.81. The number of ether oxygens (including phenoxy) is 1. The number of hydrogen-bond acceptors (Lipinski definition) is 4. The molecule has 0 aromatic carbocycles. The van der Waals surface area contributed by atoms with Crippen LogP contribution in [0.4, 0.5) is 0 Å². The average Bonchev–Trinajstić information content (AvgIpc) is 2.50. The Bertz CT molecular complexity index is 409. The second kappa shape index (κ2) is 2.44. The molecule has 2 aromatic rings. The first-order valence-electron chi connectivity index (χ1n) is 3.53. The molecule has 0 aliphatic carbocycles. The normalized spacial score (nSPS) is 10.5. The number of rotatable bonds is 1. The summed E-state index contributed by atoms with van der Waals surface area (Å²) >= 11 is 0. The highest BCUT2D eigenvalue weighted by atomic mass is 16.5. The highest BCUT2D eigenvalue weighted by Gasteiger charge is 2.06. The minimum atomic E-state index is 0.561. The third-order valence-electron chi connectivity index (χ3n) is 1.58. The van der Waals surface area contributed by atoms with Crippen LogP contribution in [-0.2, 0) is 0 Å². The molecule has 0 spiro atoms. The molecule has 0 saturated heterocycles. The SMILES string of the molecule is COc1nc(C)nc2[nH]ncc12. The van der Waals surface area contributed by atoms with Gasteiger partial charge >= 0.3 is 0 Å². The second-order valence-electron chi connectivity index (χ2n) is 2.41. The number of aromatic amines is 1. The summed E-state index contributed by atoms with van der Waals surface area (Å²) in [6.07, 6.45) is 1.65. The minimum Gasteiger partial charge on any atom is -0.480 e. The van der Waals surface area contributed by atoms with E-state index in [1.54, 1.807) is 13.3 Å². The van der Waals surface area contributed by atoms with Crippen LogP contribution < -0.4 is 4.74 Å². The summed E-state index contributed by atoms with van der Waals surface area (Å²) in [6, 6.07) is 0. The van der Waals surface area contributed by atoms with Crippen molar-refractivity contribution in [2.75, 3.05) is 7.11 Å². The molecule has 0 radical (unpaired) electrons. The van der Waals surface area contributed by atoms with Crippen LogP contribution in [0.5, 0.6) is 5.88 Å². The summed E-state index contributed by atoms with van der Waals surface area (Å²) in [4.78, 5) is 8.23. The summed E-state index contributed by atoms with van der Waals surface area (Å²) in [5.74, 6) is 1.23. The Morgan fingerprint density at radius 3 is 3.00 bits per heavy atom. The lowest BCUT2D eigenvalue weighted by molar-refractivity contribution is 0.401. The van der Waals surface area contributed by atoms with Gasteiger partial charge in [-0.15, -0.1) is 0 Å². The molecule has 0 fully saturated rings. The predicted molar refractivity (Wildman–Crippen MR) is 43.0 cm³/mol. The second-order valence-corrected chi connectivity index (χ2v) is 2.41. The van der Waals surface area contributed by atoms with Gasteiger partial charge in [-0.05, 0) is 6.92 Å². The van der Waals surface area contributed by atoms with Crippen molar-refractivity contribution in [1.82, 2.24) is 20.2 Å². The molecular weight excluding hydrogens is 156 g/mol. The molecule has 2 rings (SSSR count). The Morgan fingerprint density at radius 1 is 1.42 bits per heavy atom. The van der Waals surface area contributed by atoms with E-state index in [1.165, 1.54) is 0 Å². The standard InChI is InChI=1S/C7H8N4O/c1-4-9-6-5(3-8-11-6)7(10-4)12-2/h3H,1-2H3,(H,8,9,10,11). The molecule has 0 aliphatic rings. The van der Waals surface area contributed by atoms with Crippen molar-refractivity contribution in [1.29, 1.82) is 0 Å². The lowest BCUT2D eigenvalue weighted by Gasteiger charge is -1.99. The van der Waals surface area contributed by atoms with E-state index in [1.807, 2.05) is 6.92 Å². The summed E-state index contributed by atoms with van der Waals surface area (Å²) < 4.78 is 5.06.